The van der Waals surface area contributed by atoms with Gasteiger partial charge in [0.15, 0.2) is 0 Å². The summed E-state index contributed by atoms with van der Waals surface area (Å²) in [5.41, 5.74) is 2.00. The first-order valence-corrected chi connectivity index (χ1v) is 7.83. The minimum absolute atomic E-state index is 0.212. The van der Waals surface area contributed by atoms with Gasteiger partial charge in [-0.3, -0.25) is 0 Å². The molecule has 0 saturated carbocycles. The molecule has 0 radical (unpaired) electrons. The lowest BCUT2D eigenvalue weighted by molar-refractivity contribution is 0.341. The van der Waals surface area contributed by atoms with Crippen molar-refractivity contribution in [2.24, 2.45) is 0 Å². The Morgan fingerprint density at radius 2 is 1.80 bits per heavy atom. The van der Waals surface area contributed by atoms with Crippen molar-refractivity contribution in [1.29, 1.82) is 0 Å². The summed E-state index contributed by atoms with van der Waals surface area (Å²) in [6, 6.07) is 11.6. The number of halogens is 2. The van der Waals surface area contributed by atoms with Crippen molar-refractivity contribution in [2.75, 3.05) is 11.9 Å². The summed E-state index contributed by atoms with van der Waals surface area (Å²) in [6.07, 6.45) is 0. The van der Waals surface area contributed by atoms with E-state index in [9.17, 15) is 5.11 Å². The minimum Gasteiger partial charge on any atom is -0.506 e. The zero-order chi connectivity index (χ0) is 14.5. The molecule has 5 heteroatoms. The van der Waals surface area contributed by atoms with Gasteiger partial charge in [-0.05, 0) is 68.6 Å². The van der Waals surface area contributed by atoms with Crippen LogP contribution in [0.15, 0.2) is 45.3 Å². The fraction of sp³-hybridized carbons (Fsp3) is 0.200. The van der Waals surface area contributed by atoms with Gasteiger partial charge in [0.05, 0.1) is 21.2 Å². The molecule has 0 spiro atoms. The maximum Gasteiger partial charge on any atom is 0.143 e. The second-order valence-electron chi connectivity index (χ2n) is 4.19. The molecular formula is C15H15Br2NO2. The van der Waals surface area contributed by atoms with Gasteiger partial charge in [0, 0.05) is 6.54 Å². The number of nitrogens with one attached hydrogen (secondary N) is 1. The minimum atomic E-state index is 0.212. The lowest BCUT2D eigenvalue weighted by Crippen LogP contribution is -2.02. The van der Waals surface area contributed by atoms with Crippen LogP contribution in [0, 0.1) is 0 Å². The van der Waals surface area contributed by atoms with Crippen LogP contribution in [0.2, 0.25) is 0 Å². The maximum absolute atomic E-state index is 9.70. The summed E-state index contributed by atoms with van der Waals surface area (Å²) in [6.45, 7) is 3.24. The molecule has 2 rings (SSSR count). The van der Waals surface area contributed by atoms with E-state index in [1.54, 1.807) is 0 Å². The fourth-order valence-corrected chi connectivity index (χ4v) is 3.09. The summed E-state index contributed by atoms with van der Waals surface area (Å²) in [7, 11) is 0. The average molecular weight is 401 g/mol. The van der Waals surface area contributed by atoms with Crippen molar-refractivity contribution in [3.63, 3.8) is 0 Å². The van der Waals surface area contributed by atoms with Gasteiger partial charge in [0.2, 0.25) is 0 Å². The summed E-state index contributed by atoms with van der Waals surface area (Å²) < 4.78 is 6.91. The van der Waals surface area contributed by atoms with Gasteiger partial charge >= 0.3 is 0 Å². The molecule has 2 aromatic carbocycles. The third-order valence-corrected chi connectivity index (χ3v) is 3.96. The molecule has 0 aliphatic heterocycles. The van der Waals surface area contributed by atoms with Gasteiger partial charge in [0.1, 0.15) is 11.5 Å². The highest BCUT2D eigenvalue weighted by Crippen LogP contribution is 2.33. The summed E-state index contributed by atoms with van der Waals surface area (Å²) >= 11 is 6.66. The molecule has 0 amide bonds. The van der Waals surface area contributed by atoms with E-state index in [4.69, 9.17) is 4.74 Å². The number of rotatable bonds is 5. The molecule has 0 saturated heterocycles. The Balaban J connectivity index is 2.13. The molecule has 0 aliphatic carbocycles. The van der Waals surface area contributed by atoms with Crippen molar-refractivity contribution in [2.45, 2.75) is 13.5 Å². The zero-order valence-electron chi connectivity index (χ0n) is 11.0. The van der Waals surface area contributed by atoms with Crippen LogP contribution in [0.25, 0.3) is 0 Å². The van der Waals surface area contributed by atoms with Crippen LogP contribution < -0.4 is 10.1 Å². The van der Waals surface area contributed by atoms with E-state index < -0.39 is 0 Å². The van der Waals surface area contributed by atoms with Gasteiger partial charge in [-0.15, -0.1) is 0 Å². The third kappa shape index (κ3) is 3.67. The average Bonchev–Trinajstić information content (AvgIpc) is 2.44. The van der Waals surface area contributed by atoms with Gasteiger partial charge < -0.3 is 15.2 Å². The monoisotopic (exact) mass is 399 g/mol. The van der Waals surface area contributed by atoms with Crippen molar-refractivity contribution in [1.82, 2.24) is 0 Å². The molecule has 0 aromatic heterocycles. The van der Waals surface area contributed by atoms with Gasteiger partial charge in [0.25, 0.3) is 0 Å². The highest BCUT2D eigenvalue weighted by molar-refractivity contribution is 9.11. The molecule has 0 bridgehead atoms. The van der Waals surface area contributed by atoms with Crippen molar-refractivity contribution in [3.05, 3.63) is 50.9 Å². The van der Waals surface area contributed by atoms with E-state index in [2.05, 4.69) is 37.2 Å². The van der Waals surface area contributed by atoms with Crippen LogP contribution in [0.4, 0.5) is 5.69 Å². The Labute approximate surface area is 135 Å². The summed E-state index contributed by atoms with van der Waals surface area (Å²) in [5, 5.41) is 13.0. The maximum atomic E-state index is 9.70. The van der Waals surface area contributed by atoms with E-state index in [1.807, 2.05) is 43.3 Å². The van der Waals surface area contributed by atoms with Crippen LogP contribution in [0.3, 0.4) is 0 Å². The molecule has 3 nitrogen and oxygen atoms in total. The van der Waals surface area contributed by atoms with Crippen LogP contribution in [-0.4, -0.2) is 11.7 Å². The smallest absolute Gasteiger partial charge is 0.143 e. The Kier molecular flexibility index (Phi) is 5.31. The van der Waals surface area contributed by atoms with Gasteiger partial charge in [-0.1, -0.05) is 12.1 Å². The van der Waals surface area contributed by atoms with Crippen molar-refractivity contribution >= 4 is 37.5 Å². The second-order valence-corrected chi connectivity index (χ2v) is 5.90. The number of hydrogen-bond donors (Lipinski definition) is 2. The molecule has 20 heavy (non-hydrogen) atoms. The normalized spacial score (nSPS) is 10.3. The van der Waals surface area contributed by atoms with E-state index in [0.717, 1.165) is 17.0 Å². The van der Waals surface area contributed by atoms with E-state index in [-0.39, 0.29) is 5.75 Å². The molecule has 2 N–H and O–H groups in total. The number of benzene rings is 2. The molecule has 0 heterocycles. The van der Waals surface area contributed by atoms with Gasteiger partial charge in [-0.2, -0.15) is 0 Å². The van der Waals surface area contributed by atoms with E-state index in [1.165, 1.54) is 0 Å². The molecule has 0 aliphatic rings. The number of para-hydroxylation sites is 2. The number of anilines is 1. The highest BCUT2D eigenvalue weighted by Gasteiger charge is 2.07. The lowest BCUT2D eigenvalue weighted by atomic mass is 10.2. The number of phenolic OH excluding ortho intramolecular Hbond substituents is 1. The number of hydrogen-bond acceptors (Lipinski definition) is 3. The SMILES string of the molecule is CCOc1ccccc1NCc1cc(Br)c(O)c(Br)c1. The van der Waals surface area contributed by atoms with Crippen LogP contribution in [-0.2, 0) is 6.54 Å². The Bertz CT molecular complexity index is 579. The zero-order valence-corrected chi connectivity index (χ0v) is 14.2. The molecule has 2 aromatic rings. The summed E-state index contributed by atoms with van der Waals surface area (Å²) in [5.74, 6) is 1.05. The summed E-state index contributed by atoms with van der Waals surface area (Å²) in [4.78, 5) is 0. The lowest BCUT2D eigenvalue weighted by Gasteiger charge is -2.13. The van der Waals surface area contributed by atoms with Crippen LogP contribution in [0.5, 0.6) is 11.5 Å². The number of ether oxygens (including phenoxy) is 1. The predicted molar refractivity (Wildman–Crippen MR) is 88.4 cm³/mol. The third-order valence-electron chi connectivity index (χ3n) is 2.75. The Morgan fingerprint density at radius 1 is 1.15 bits per heavy atom. The quantitative estimate of drug-likeness (QED) is 0.747. The van der Waals surface area contributed by atoms with Gasteiger partial charge in [-0.25, -0.2) is 0 Å². The van der Waals surface area contributed by atoms with Crippen molar-refractivity contribution in [3.8, 4) is 11.5 Å². The fourth-order valence-electron chi connectivity index (χ4n) is 1.81. The van der Waals surface area contributed by atoms with E-state index in [0.29, 0.717) is 22.1 Å². The molecule has 106 valence electrons. The molecule has 0 fully saturated rings. The number of phenols is 1. The molecule has 0 atom stereocenters. The number of aromatic hydroxyl groups is 1. The molecular weight excluding hydrogens is 386 g/mol. The first kappa shape index (κ1) is 15.2. The Hall–Kier alpha value is -1.20. The second kappa shape index (κ2) is 6.99. The largest absolute Gasteiger partial charge is 0.506 e. The van der Waals surface area contributed by atoms with Crippen molar-refractivity contribution < 1.29 is 9.84 Å². The standard InChI is InChI=1S/C15H15Br2NO2/c1-2-20-14-6-4-3-5-13(14)18-9-10-7-11(16)15(19)12(17)8-10/h3-8,18-19H,2,9H2,1H3. The highest BCUT2D eigenvalue weighted by atomic mass is 79.9. The first-order chi connectivity index (χ1) is 9.61. The topological polar surface area (TPSA) is 41.5 Å². The van der Waals surface area contributed by atoms with Crippen LogP contribution in [0.1, 0.15) is 12.5 Å². The van der Waals surface area contributed by atoms with Crippen LogP contribution >= 0.6 is 31.9 Å². The van der Waals surface area contributed by atoms with E-state index >= 15 is 0 Å². The predicted octanol–water partition coefficient (Wildman–Crippen LogP) is 4.93. The Morgan fingerprint density at radius 3 is 2.45 bits per heavy atom. The first-order valence-electron chi connectivity index (χ1n) is 6.24. The molecule has 0 unspecified atom stereocenters.